The van der Waals surface area contributed by atoms with E-state index in [2.05, 4.69) is 28.4 Å². The molecule has 0 saturated carbocycles. The van der Waals surface area contributed by atoms with Crippen molar-refractivity contribution >= 4 is 0 Å². The zero-order valence-electron chi connectivity index (χ0n) is 18.1. The molecule has 168 valence electrons. The Balaban J connectivity index is 2.11. The van der Waals surface area contributed by atoms with Crippen LogP contribution in [-0.2, 0) is 6.42 Å². The first-order chi connectivity index (χ1) is 15.6. The molecule has 33 heavy (non-hydrogen) atoms. The van der Waals surface area contributed by atoms with Gasteiger partial charge in [-0.25, -0.2) is 8.78 Å². The van der Waals surface area contributed by atoms with E-state index in [4.69, 9.17) is 0 Å². The van der Waals surface area contributed by atoms with Crippen LogP contribution in [0.1, 0.15) is 45.9 Å². The molecule has 0 unspecified atom stereocenters. The fraction of sp³-hybridized carbons (Fsp3) is 0.185. The molecular formula is C27H19F5O. The molecule has 0 aliphatic rings. The lowest BCUT2D eigenvalue weighted by molar-refractivity contribution is -0.274. The number of halogens is 5. The van der Waals surface area contributed by atoms with E-state index >= 15 is 0 Å². The Kier molecular flexibility index (Phi) is 7.09. The van der Waals surface area contributed by atoms with Crippen molar-refractivity contribution in [1.29, 1.82) is 0 Å². The van der Waals surface area contributed by atoms with Gasteiger partial charge in [0, 0.05) is 11.1 Å². The molecular weight excluding hydrogens is 435 g/mol. The van der Waals surface area contributed by atoms with Crippen molar-refractivity contribution in [3.05, 3.63) is 99.1 Å². The monoisotopic (exact) mass is 454 g/mol. The topological polar surface area (TPSA) is 9.23 Å². The van der Waals surface area contributed by atoms with Crippen molar-refractivity contribution in [2.75, 3.05) is 0 Å². The number of ether oxygens (including phenoxy) is 1. The summed E-state index contributed by atoms with van der Waals surface area (Å²) in [5.41, 5.74) is 2.25. The van der Waals surface area contributed by atoms with Gasteiger partial charge in [-0.3, -0.25) is 0 Å². The predicted molar refractivity (Wildman–Crippen MR) is 117 cm³/mol. The van der Waals surface area contributed by atoms with Gasteiger partial charge in [-0.05, 0) is 67.8 Å². The van der Waals surface area contributed by atoms with E-state index in [-0.39, 0.29) is 11.1 Å². The highest BCUT2D eigenvalue weighted by Gasteiger charge is 2.32. The summed E-state index contributed by atoms with van der Waals surface area (Å²) in [6.07, 6.45) is -4.61. The quantitative estimate of drug-likeness (QED) is 0.304. The molecule has 0 heterocycles. The van der Waals surface area contributed by atoms with E-state index in [1.54, 1.807) is 25.1 Å². The second kappa shape index (κ2) is 9.79. The summed E-state index contributed by atoms with van der Waals surface area (Å²) < 4.78 is 71.6. The molecule has 0 aliphatic carbocycles. The van der Waals surface area contributed by atoms with E-state index in [1.165, 1.54) is 6.92 Å². The Labute approximate surface area is 189 Å². The Morgan fingerprint density at radius 2 is 1.30 bits per heavy atom. The Hall–Kier alpha value is -3.77. The summed E-state index contributed by atoms with van der Waals surface area (Å²) in [6, 6.07) is 12.1. The third kappa shape index (κ3) is 6.37. The maximum absolute atomic E-state index is 14.1. The van der Waals surface area contributed by atoms with Crippen LogP contribution >= 0.6 is 0 Å². The molecule has 1 nitrogen and oxygen atoms in total. The van der Waals surface area contributed by atoms with Gasteiger partial charge in [0.15, 0.2) is 0 Å². The summed E-state index contributed by atoms with van der Waals surface area (Å²) in [4.78, 5) is 0. The third-order valence-electron chi connectivity index (χ3n) is 4.69. The lowest BCUT2D eigenvalue weighted by Gasteiger charge is -2.14. The van der Waals surface area contributed by atoms with Crippen LogP contribution in [0.15, 0.2) is 48.5 Å². The van der Waals surface area contributed by atoms with Gasteiger partial charge >= 0.3 is 6.36 Å². The number of benzene rings is 3. The minimum atomic E-state index is -4.95. The standard InChI is InChI=1S/C27H19F5O/c1-4-21-15-20(10-12-23-24(28)13-18(3)14-25(23)29)16-26(33-27(30,31)32)22(21)11-9-19-7-5-17(2)6-8-19/h5-8,13-16H,4H2,1-3H3. The second-order valence-electron chi connectivity index (χ2n) is 7.38. The summed E-state index contributed by atoms with van der Waals surface area (Å²) in [6.45, 7) is 5.20. The van der Waals surface area contributed by atoms with Crippen molar-refractivity contribution in [3.63, 3.8) is 0 Å². The van der Waals surface area contributed by atoms with Crippen LogP contribution in [0.2, 0.25) is 0 Å². The average Bonchev–Trinajstić information content (AvgIpc) is 2.72. The molecule has 3 aromatic carbocycles. The molecule has 0 fully saturated rings. The smallest absolute Gasteiger partial charge is 0.404 e. The zero-order chi connectivity index (χ0) is 24.2. The van der Waals surface area contributed by atoms with E-state index < -0.39 is 29.3 Å². The second-order valence-corrected chi connectivity index (χ2v) is 7.38. The maximum atomic E-state index is 14.1. The van der Waals surface area contributed by atoms with Crippen molar-refractivity contribution in [2.24, 2.45) is 0 Å². The fourth-order valence-electron chi connectivity index (χ4n) is 3.10. The number of hydrogen-bond acceptors (Lipinski definition) is 1. The number of alkyl halides is 3. The first-order valence-electron chi connectivity index (χ1n) is 10.0. The molecule has 0 amide bonds. The average molecular weight is 454 g/mol. The summed E-state index contributed by atoms with van der Waals surface area (Å²) >= 11 is 0. The van der Waals surface area contributed by atoms with Crippen LogP contribution in [-0.4, -0.2) is 6.36 Å². The molecule has 0 saturated heterocycles. The van der Waals surface area contributed by atoms with Crippen molar-refractivity contribution in [3.8, 4) is 29.4 Å². The molecule has 0 aromatic heterocycles. The molecule has 0 N–H and O–H groups in total. The lowest BCUT2D eigenvalue weighted by Crippen LogP contribution is -2.18. The van der Waals surface area contributed by atoms with Gasteiger partial charge in [-0.2, -0.15) is 0 Å². The van der Waals surface area contributed by atoms with Gasteiger partial charge in [0.1, 0.15) is 17.4 Å². The summed E-state index contributed by atoms with van der Waals surface area (Å²) in [5, 5.41) is 0. The van der Waals surface area contributed by atoms with Gasteiger partial charge in [-0.1, -0.05) is 48.3 Å². The predicted octanol–water partition coefficient (Wildman–Crippen LogP) is 6.84. The molecule has 0 bridgehead atoms. The van der Waals surface area contributed by atoms with Crippen molar-refractivity contribution in [1.82, 2.24) is 0 Å². The van der Waals surface area contributed by atoms with Crippen LogP contribution in [0.25, 0.3) is 0 Å². The molecule has 3 rings (SSSR count). The Morgan fingerprint density at radius 3 is 1.88 bits per heavy atom. The highest BCUT2D eigenvalue weighted by molar-refractivity contribution is 5.59. The molecule has 0 aliphatic heterocycles. The normalized spacial score (nSPS) is 10.7. The van der Waals surface area contributed by atoms with Gasteiger partial charge in [0.25, 0.3) is 0 Å². The van der Waals surface area contributed by atoms with E-state index in [0.717, 1.165) is 23.8 Å². The van der Waals surface area contributed by atoms with Crippen LogP contribution in [0, 0.1) is 49.2 Å². The molecule has 0 spiro atoms. The SMILES string of the molecule is CCc1cc(C#Cc2c(F)cc(C)cc2F)cc(OC(F)(F)F)c1C#Cc1ccc(C)cc1. The molecule has 0 radical (unpaired) electrons. The Morgan fingerprint density at radius 1 is 0.727 bits per heavy atom. The number of aryl methyl sites for hydroxylation is 3. The summed E-state index contributed by atoms with van der Waals surface area (Å²) in [7, 11) is 0. The summed E-state index contributed by atoms with van der Waals surface area (Å²) in [5.74, 6) is 8.34. The van der Waals surface area contributed by atoms with E-state index in [1.807, 2.05) is 19.1 Å². The first kappa shape index (κ1) is 23.9. The molecule has 0 atom stereocenters. The van der Waals surface area contributed by atoms with Crippen molar-refractivity contribution < 1.29 is 26.7 Å². The largest absolute Gasteiger partial charge is 0.573 e. The van der Waals surface area contributed by atoms with E-state index in [9.17, 15) is 22.0 Å². The van der Waals surface area contributed by atoms with Crippen LogP contribution < -0.4 is 4.74 Å². The van der Waals surface area contributed by atoms with Crippen LogP contribution in [0.5, 0.6) is 5.75 Å². The number of rotatable bonds is 2. The zero-order valence-corrected chi connectivity index (χ0v) is 18.1. The van der Waals surface area contributed by atoms with Gasteiger partial charge in [0.05, 0.1) is 11.1 Å². The fourth-order valence-corrected chi connectivity index (χ4v) is 3.10. The van der Waals surface area contributed by atoms with Gasteiger partial charge < -0.3 is 4.74 Å². The minimum absolute atomic E-state index is 0.0775. The molecule has 3 aromatic rings. The number of hydrogen-bond donors (Lipinski definition) is 0. The van der Waals surface area contributed by atoms with Crippen LogP contribution in [0.4, 0.5) is 22.0 Å². The van der Waals surface area contributed by atoms with Crippen LogP contribution in [0.3, 0.4) is 0 Å². The maximum Gasteiger partial charge on any atom is 0.573 e. The molecule has 6 heteroatoms. The first-order valence-corrected chi connectivity index (χ1v) is 10.0. The van der Waals surface area contributed by atoms with Crippen molar-refractivity contribution in [2.45, 2.75) is 33.6 Å². The third-order valence-corrected chi connectivity index (χ3v) is 4.69. The highest BCUT2D eigenvalue weighted by Crippen LogP contribution is 2.30. The highest BCUT2D eigenvalue weighted by atomic mass is 19.4. The Bertz CT molecular complexity index is 1270. The minimum Gasteiger partial charge on any atom is -0.404 e. The lowest BCUT2D eigenvalue weighted by atomic mass is 10.00. The van der Waals surface area contributed by atoms with Gasteiger partial charge in [-0.15, -0.1) is 13.2 Å². The van der Waals surface area contributed by atoms with E-state index in [0.29, 0.717) is 23.1 Å². The van der Waals surface area contributed by atoms with Gasteiger partial charge in [0.2, 0.25) is 0 Å².